The first-order valence-corrected chi connectivity index (χ1v) is 5.50. The maximum absolute atomic E-state index is 11.0. The normalized spacial score (nSPS) is 9.60. The Hall–Kier alpha value is -3.21. The summed E-state index contributed by atoms with van der Waals surface area (Å²) >= 11 is 0. The number of nitriles is 1. The summed E-state index contributed by atoms with van der Waals surface area (Å²) in [5.74, 6) is 0.693. The van der Waals surface area contributed by atoms with Crippen molar-refractivity contribution >= 4 is 11.5 Å². The number of nitro groups is 1. The second-order valence-corrected chi connectivity index (χ2v) is 3.64. The monoisotopic (exact) mass is 271 g/mol. The zero-order valence-corrected chi connectivity index (χ0v) is 10.4. The van der Waals surface area contributed by atoms with Gasteiger partial charge in [-0.15, -0.1) is 0 Å². The van der Waals surface area contributed by atoms with E-state index in [0.717, 1.165) is 6.07 Å². The zero-order chi connectivity index (χ0) is 14.5. The second-order valence-electron chi connectivity index (χ2n) is 3.64. The van der Waals surface area contributed by atoms with Crippen LogP contribution >= 0.6 is 0 Å². The van der Waals surface area contributed by atoms with E-state index in [9.17, 15) is 10.1 Å². The predicted molar refractivity (Wildman–Crippen MR) is 69.5 cm³/mol. The van der Waals surface area contributed by atoms with Crippen LogP contribution < -0.4 is 10.1 Å². The molecule has 0 spiro atoms. The molecule has 2 rings (SSSR count). The summed E-state index contributed by atoms with van der Waals surface area (Å²) in [6.07, 6.45) is 1.27. The topological polar surface area (TPSA) is 114 Å². The number of rotatable bonds is 4. The van der Waals surface area contributed by atoms with Crippen molar-refractivity contribution < 1.29 is 9.66 Å². The highest BCUT2D eigenvalue weighted by Gasteiger charge is 2.17. The van der Waals surface area contributed by atoms with Gasteiger partial charge in [-0.05, 0) is 12.1 Å². The van der Waals surface area contributed by atoms with Crippen molar-refractivity contribution in [1.82, 2.24) is 9.97 Å². The Labute approximate surface area is 113 Å². The molecule has 1 aromatic heterocycles. The Morgan fingerprint density at radius 3 is 2.85 bits per heavy atom. The van der Waals surface area contributed by atoms with Gasteiger partial charge in [0.15, 0.2) is 0 Å². The summed E-state index contributed by atoms with van der Waals surface area (Å²) in [6.45, 7) is 0. The molecule has 0 amide bonds. The van der Waals surface area contributed by atoms with Crippen molar-refractivity contribution in [1.29, 1.82) is 5.26 Å². The van der Waals surface area contributed by atoms with Crippen LogP contribution in [0.2, 0.25) is 0 Å². The van der Waals surface area contributed by atoms with E-state index in [-0.39, 0.29) is 22.9 Å². The number of nitrogens with zero attached hydrogens (tertiary/aromatic N) is 4. The molecule has 1 heterocycles. The van der Waals surface area contributed by atoms with Gasteiger partial charge in [0.05, 0.1) is 16.6 Å². The van der Waals surface area contributed by atoms with E-state index in [4.69, 9.17) is 10.00 Å². The highest BCUT2D eigenvalue weighted by molar-refractivity contribution is 5.53. The van der Waals surface area contributed by atoms with Gasteiger partial charge >= 0.3 is 5.69 Å². The summed E-state index contributed by atoms with van der Waals surface area (Å²) in [7, 11) is 1.68. The molecular weight excluding hydrogens is 262 g/mol. The standard InChI is InChI=1S/C12H9N5O3/c1-14-11-5-12(16-7-15-11)20-10-3-2-8(6-13)4-9(10)17(18)19/h2-5,7H,1H3,(H,14,15,16). The van der Waals surface area contributed by atoms with Gasteiger partial charge in [-0.25, -0.2) is 9.97 Å². The van der Waals surface area contributed by atoms with Gasteiger partial charge in [0.25, 0.3) is 0 Å². The number of hydrogen-bond donors (Lipinski definition) is 1. The van der Waals surface area contributed by atoms with Crippen LogP contribution in [0.4, 0.5) is 11.5 Å². The maximum atomic E-state index is 11.0. The molecule has 0 unspecified atom stereocenters. The first-order chi connectivity index (χ1) is 9.63. The molecule has 1 N–H and O–H groups in total. The van der Waals surface area contributed by atoms with E-state index in [0.29, 0.717) is 5.82 Å². The Kier molecular flexibility index (Phi) is 3.72. The molecule has 0 bridgehead atoms. The van der Waals surface area contributed by atoms with Crippen LogP contribution in [-0.2, 0) is 0 Å². The predicted octanol–water partition coefficient (Wildman–Crippen LogP) is 2.09. The van der Waals surface area contributed by atoms with Crippen LogP contribution in [0.15, 0.2) is 30.6 Å². The van der Waals surface area contributed by atoms with E-state index in [2.05, 4.69) is 15.3 Å². The third kappa shape index (κ3) is 2.78. The summed E-state index contributed by atoms with van der Waals surface area (Å²) in [5, 5.41) is 22.5. The Morgan fingerprint density at radius 1 is 1.40 bits per heavy atom. The van der Waals surface area contributed by atoms with Crippen LogP contribution in [0.1, 0.15) is 5.56 Å². The minimum Gasteiger partial charge on any atom is -0.432 e. The number of nitrogens with one attached hydrogen (secondary N) is 1. The summed E-state index contributed by atoms with van der Waals surface area (Å²) in [4.78, 5) is 18.1. The van der Waals surface area contributed by atoms with Gasteiger partial charge in [-0.3, -0.25) is 10.1 Å². The number of aromatic nitrogens is 2. The average Bonchev–Trinajstić information content (AvgIpc) is 2.47. The van der Waals surface area contributed by atoms with Crippen molar-refractivity contribution in [3.05, 3.63) is 46.3 Å². The smallest absolute Gasteiger partial charge is 0.312 e. The molecule has 0 radical (unpaired) electrons. The van der Waals surface area contributed by atoms with E-state index >= 15 is 0 Å². The van der Waals surface area contributed by atoms with Crippen molar-refractivity contribution in [3.63, 3.8) is 0 Å². The van der Waals surface area contributed by atoms with Gasteiger partial charge < -0.3 is 10.1 Å². The highest BCUT2D eigenvalue weighted by Crippen LogP contribution is 2.31. The molecule has 8 nitrogen and oxygen atoms in total. The van der Waals surface area contributed by atoms with Crippen LogP contribution in [-0.4, -0.2) is 21.9 Å². The zero-order valence-electron chi connectivity index (χ0n) is 10.4. The molecule has 100 valence electrons. The lowest BCUT2D eigenvalue weighted by Gasteiger charge is -2.06. The SMILES string of the molecule is CNc1cc(Oc2ccc(C#N)cc2[N+](=O)[O-])ncn1. The lowest BCUT2D eigenvalue weighted by molar-refractivity contribution is -0.385. The van der Waals surface area contributed by atoms with Gasteiger partial charge in [0.2, 0.25) is 11.6 Å². The number of anilines is 1. The molecule has 0 saturated heterocycles. The fraction of sp³-hybridized carbons (Fsp3) is 0.0833. The third-order valence-corrected chi connectivity index (χ3v) is 2.40. The summed E-state index contributed by atoms with van der Waals surface area (Å²) < 4.78 is 5.37. The number of ether oxygens (including phenoxy) is 1. The van der Waals surface area contributed by atoms with E-state index in [1.54, 1.807) is 7.05 Å². The maximum Gasteiger partial charge on any atom is 0.312 e. The molecule has 0 fully saturated rings. The Bertz CT molecular complexity index is 696. The summed E-state index contributed by atoms with van der Waals surface area (Å²) in [6, 6.07) is 7.28. The fourth-order valence-electron chi connectivity index (χ4n) is 1.46. The van der Waals surface area contributed by atoms with Crippen molar-refractivity contribution in [2.45, 2.75) is 0 Å². The fourth-order valence-corrected chi connectivity index (χ4v) is 1.46. The number of nitro benzene ring substituents is 1. The van der Waals surface area contributed by atoms with E-state index in [1.807, 2.05) is 6.07 Å². The van der Waals surface area contributed by atoms with E-state index in [1.165, 1.54) is 24.5 Å². The van der Waals surface area contributed by atoms with Crippen molar-refractivity contribution in [2.24, 2.45) is 0 Å². The van der Waals surface area contributed by atoms with Gasteiger partial charge in [-0.2, -0.15) is 5.26 Å². The third-order valence-electron chi connectivity index (χ3n) is 2.40. The first-order valence-electron chi connectivity index (χ1n) is 5.50. The molecule has 0 atom stereocenters. The lowest BCUT2D eigenvalue weighted by Crippen LogP contribution is -1.97. The second kappa shape index (κ2) is 5.62. The molecule has 8 heteroatoms. The molecule has 1 aromatic carbocycles. The van der Waals surface area contributed by atoms with E-state index < -0.39 is 4.92 Å². The molecule has 20 heavy (non-hydrogen) atoms. The molecule has 0 aliphatic rings. The number of hydrogen-bond acceptors (Lipinski definition) is 7. The molecule has 0 aliphatic carbocycles. The molecule has 0 aliphatic heterocycles. The van der Waals surface area contributed by atoms with Gasteiger partial charge in [0, 0.05) is 19.2 Å². The summed E-state index contributed by atoms with van der Waals surface area (Å²) in [5.41, 5.74) is -0.115. The lowest BCUT2D eigenvalue weighted by atomic mass is 10.2. The van der Waals surface area contributed by atoms with Crippen molar-refractivity contribution in [2.75, 3.05) is 12.4 Å². The van der Waals surface area contributed by atoms with Gasteiger partial charge in [0.1, 0.15) is 12.1 Å². The highest BCUT2D eigenvalue weighted by atomic mass is 16.6. The number of benzene rings is 1. The molecule has 2 aromatic rings. The molecular formula is C12H9N5O3. The van der Waals surface area contributed by atoms with Crippen molar-refractivity contribution in [3.8, 4) is 17.7 Å². The Morgan fingerprint density at radius 2 is 2.20 bits per heavy atom. The van der Waals surface area contributed by atoms with Gasteiger partial charge in [-0.1, -0.05) is 0 Å². The minimum absolute atomic E-state index is 0.00903. The van der Waals surface area contributed by atoms with Crippen LogP contribution in [0.25, 0.3) is 0 Å². The Balaban J connectivity index is 2.37. The first kappa shape index (κ1) is 13.2. The quantitative estimate of drug-likeness (QED) is 0.668. The minimum atomic E-state index is -0.615. The molecule has 0 saturated carbocycles. The average molecular weight is 271 g/mol. The largest absolute Gasteiger partial charge is 0.432 e. The van der Waals surface area contributed by atoms with Crippen LogP contribution in [0, 0.1) is 21.4 Å². The van der Waals surface area contributed by atoms with Crippen LogP contribution in [0.5, 0.6) is 11.6 Å². The van der Waals surface area contributed by atoms with Crippen LogP contribution in [0.3, 0.4) is 0 Å².